The Kier molecular flexibility index (Phi) is 4.42. The fourth-order valence-corrected chi connectivity index (χ4v) is 4.03. The molecule has 2 aliphatic rings. The Balaban J connectivity index is 1.87. The van der Waals surface area contributed by atoms with Gasteiger partial charge in [-0.25, -0.2) is 4.39 Å². The first-order valence-corrected chi connectivity index (χ1v) is 9.08. The number of benzene rings is 1. The number of halogens is 2. The van der Waals surface area contributed by atoms with Crippen LogP contribution in [0.2, 0.25) is 5.02 Å². The van der Waals surface area contributed by atoms with Gasteiger partial charge in [-0.1, -0.05) is 11.6 Å². The molecule has 1 unspecified atom stereocenters. The number of rotatable bonds is 3. The number of carbonyl (C=O) groups excluding carboxylic acids is 3. The van der Waals surface area contributed by atoms with E-state index >= 15 is 4.39 Å². The molecular formula is C19H16ClFN4O4. The van der Waals surface area contributed by atoms with Gasteiger partial charge in [-0.3, -0.25) is 24.3 Å². The van der Waals surface area contributed by atoms with Crippen LogP contribution < -0.4 is 15.0 Å². The van der Waals surface area contributed by atoms with E-state index < -0.39 is 29.2 Å². The minimum Gasteiger partial charge on any atom is -0.494 e. The highest BCUT2D eigenvalue weighted by molar-refractivity contribution is 6.30. The number of nitrogens with zero attached hydrogens (tertiary/aromatic N) is 3. The van der Waals surface area contributed by atoms with Gasteiger partial charge in [0.15, 0.2) is 11.6 Å². The van der Waals surface area contributed by atoms with Crippen molar-refractivity contribution in [2.45, 2.75) is 18.5 Å². The number of nitrogens with one attached hydrogen (secondary N) is 1. The third kappa shape index (κ3) is 2.65. The van der Waals surface area contributed by atoms with E-state index in [0.717, 1.165) is 4.90 Å². The summed E-state index contributed by atoms with van der Waals surface area (Å²) in [6, 6.07) is 4.17. The Morgan fingerprint density at radius 1 is 1.34 bits per heavy atom. The number of hydrogen-bond acceptors (Lipinski definition) is 5. The molecule has 1 N–H and O–H groups in total. The van der Waals surface area contributed by atoms with Gasteiger partial charge < -0.3 is 15.0 Å². The highest BCUT2D eigenvalue weighted by atomic mass is 35.5. The molecule has 2 aliphatic heterocycles. The molecule has 29 heavy (non-hydrogen) atoms. The summed E-state index contributed by atoms with van der Waals surface area (Å²) in [6.45, 7) is 0. The summed E-state index contributed by atoms with van der Waals surface area (Å²) in [5, 5.41) is 2.94. The second-order valence-electron chi connectivity index (χ2n) is 6.73. The number of aromatic nitrogens is 1. The molecule has 3 amide bonds. The van der Waals surface area contributed by atoms with Crippen LogP contribution in [0.5, 0.6) is 5.75 Å². The number of ether oxygens (including phenoxy) is 1. The first-order chi connectivity index (χ1) is 13.8. The lowest BCUT2D eigenvalue weighted by Crippen LogP contribution is -2.68. The average Bonchev–Trinajstić information content (AvgIpc) is 3.04. The van der Waals surface area contributed by atoms with Crippen molar-refractivity contribution in [3.8, 4) is 5.75 Å². The number of pyridine rings is 1. The molecule has 1 fully saturated rings. The number of hydrogen-bond donors (Lipinski definition) is 1. The van der Waals surface area contributed by atoms with Gasteiger partial charge in [0, 0.05) is 26.1 Å². The standard InChI is InChI=1S/C19H16ClFN4O4/c1-24-17(27)12-3-4-13(29-2)15(21)16(12)25-14(26)5-6-19(24,25)18(28)23-11-7-10(20)8-22-9-11/h3-4,7-9H,5-6H2,1-2H3,(H,23,28). The Bertz CT molecular complexity index is 1060. The van der Waals surface area contributed by atoms with Crippen LogP contribution in [0.1, 0.15) is 23.2 Å². The zero-order valence-corrected chi connectivity index (χ0v) is 16.3. The number of methoxy groups -OCH3 is 1. The number of anilines is 2. The first kappa shape index (κ1) is 19.1. The van der Waals surface area contributed by atoms with Crippen molar-refractivity contribution in [1.82, 2.24) is 9.88 Å². The van der Waals surface area contributed by atoms with Gasteiger partial charge in [-0.2, -0.15) is 0 Å². The van der Waals surface area contributed by atoms with Crippen LogP contribution in [0.3, 0.4) is 0 Å². The van der Waals surface area contributed by atoms with Crippen molar-refractivity contribution in [1.29, 1.82) is 0 Å². The van der Waals surface area contributed by atoms with Crippen molar-refractivity contribution in [2.75, 3.05) is 24.4 Å². The molecule has 0 bridgehead atoms. The molecular weight excluding hydrogens is 403 g/mol. The molecule has 1 aromatic carbocycles. The molecule has 0 spiro atoms. The van der Waals surface area contributed by atoms with Gasteiger partial charge in [0.25, 0.3) is 11.8 Å². The fourth-order valence-electron chi connectivity index (χ4n) is 3.86. The summed E-state index contributed by atoms with van der Waals surface area (Å²) < 4.78 is 20.1. The highest BCUT2D eigenvalue weighted by Gasteiger charge is 2.60. The summed E-state index contributed by atoms with van der Waals surface area (Å²) in [7, 11) is 2.69. The third-order valence-corrected chi connectivity index (χ3v) is 5.45. The normalized spacial score (nSPS) is 20.4. The maximum Gasteiger partial charge on any atom is 0.271 e. The minimum atomic E-state index is -1.73. The molecule has 0 saturated carbocycles. The molecule has 10 heteroatoms. The second-order valence-corrected chi connectivity index (χ2v) is 7.17. The lowest BCUT2D eigenvalue weighted by atomic mass is 9.95. The van der Waals surface area contributed by atoms with Crippen LogP contribution in [-0.2, 0) is 9.59 Å². The topological polar surface area (TPSA) is 91.8 Å². The van der Waals surface area contributed by atoms with Crippen LogP contribution in [0, 0.1) is 5.82 Å². The minimum absolute atomic E-state index is 0.00396. The van der Waals surface area contributed by atoms with E-state index in [4.69, 9.17) is 16.3 Å². The van der Waals surface area contributed by atoms with Crippen molar-refractivity contribution in [3.05, 3.63) is 47.0 Å². The smallest absolute Gasteiger partial charge is 0.271 e. The zero-order valence-electron chi connectivity index (χ0n) is 15.5. The van der Waals surface area contributed by atoms with E-state index in [1.807, 2.05) is 0 Å². The molecule has 0 radical (unpaired) electrons. The van der Waals surface area contributed by atoms with Crippen molar-refractivity contribution < 1.29 is 23.5 Å². The fraction of sp³-hybridized carbons (Fsp3) is 0.263. The summed E-state index contributed by atoms with van der Waals surface area (Å²) in [5.74, 6) is -2.72. The molecule has 8 nitrogen and oxygen atoms in total. The van der Waals surface area contributed by atoms with Gasteiger partial charge in [-0.05, 0) is 18.2 Å². The Hall–Kier alpha value is -3.20. The van der Waals surface area contributed by atoms with Crippen molar-refractivity contribution in [2.24, 2.45) is 0 Å². The molecule has 1 aromatic heterocycles. The second kappa shape index (κ2) is 6.70. The number of amides is 3. The van der Waals surface area contributed by atoms with Crippen LogP contribution in [0.25, 0.3) is 0 Å². The summed E-state index contributed by atoms with van der Waals surface area (Å²) in [6.07, 6.45) is 2.75. The van der Waals surface area contributed by atoms with Gasteiger partial charge >= 0.3 is 0 Å². The maximum absolute atomic E-state index is 15.1. The predicted molar refractivity (Wildman–Crippen MR) is 102 cm³/mol. The molecule has 2 aromatic rings. The number of likely N-dealkylation sites (N-methyl/N-ethyl adjacent to an activating group) is 1. The van der Waals surface area contributed by atoms with Crippen LogP contribution in [0.4, 0.5) is 15.8 Å². The van der Waals surface area contributed by atoms with Crippen LogP contribution >= 0.6 is 11.6 Å². The molecule has 1 saturated heterocycles. The predicted octanol–water partition coefficient (Wildman–Crippen LogP) is 2.43. The first-order valence-electron chi connectivity index (χ1n) is 8.71. The van der Waals surface area contributed by atoms with Crippen molar-refractivity contribution in [3.63, 3.8) is 0 Å². The Morgan fingerprint density at radius 2 is 2.10 bits per heavy atom. The van der Waals surface area contributed by atoms with E-state index in [9.17, 15) is 14.4 Å². The maximum atomic E-state index is 15.1. The van der Waals surface area contributed by atoms with E-state index in [0.29, 0.717) is 5.02 Å². The van der Waals surface area contributed by atoms with Gasteiger partial charge in [0.05, 0.1) is 35.3 Å². The van der Waals surface area contributed by atoms with E-state index in [2.05, 4.69) is 10.3 Å². The van der Waals surface area contributed by atoms with E-state index in [1.54, 1.807) is 0 Å². The lowest BCUT2D eigenvalue weighted by molar-refractivity contribution is -0.128. The molecule has 0 aliphatic carbocycles. The zero-order chi connectivity index (χ0) is 20.9. The van der Waals surface area contributed by atoms with Gasteiger partial charge in [0.2, 0.25) is 11.6 Å². The SMILES string of the molecule is COc1ccc2c(c1F)N1C(=O)CCC1(C(=O)Nc1cncc(Cl)c1)N(C)C2=O. The van der Waals surface area contributed by atoms with Crippen LogP contribution in [0.15, 0.2) is 30.6 Å². The van der Waals surface area contributed by atoms with Gasteiger partial charge in [0.1, 0.15) is 0 Å². The molecule has 150 valence electrons. The quantitative estimate of drug-likeness (QED) is 0.826. The number of fused-ring (bicyclic) bond motifs is 3. The molecule has 1 atom stereocenters. The molecule has 3 heterocycles. The summed E-state index contributed by atoms with van der Waals surface area (Å²) in [5.41, 5.74) is -1.71. The van der Waals surface area contributed by atoms with Crippen LogP contribution in [-0.4, -0.2) is 47.4 Å². The third-order valence-electron chi connectivity index (χ3n) is 5.25. The van der Waals surface area contributed by atoms with E-state index in [-0.39, 0.29) is 35.5 Å². The lowest BCUT2D eigenvalue weighted by Gasteiger charge is -2.47. The van der Waals surface area contributed by atoms with E-state index in [1.165, 1.54) is 49.7 Å². The largest absolute Gasteiger partial charge is 0.494 e. The van der Waals surface area contributed by atoms with Gasteiger partial charge in [-0.15, -0.1) is 0 Å². The summed E-state index contributed by atoms with van der Waals surface area (Å²) >= 11 is 5.91. The van der Waals surface area contributed by atoms with Crippen molar-refractivity contribution >= 4 is 40.7 Å². The number of carbonyl (C=O) groups is 3. The Labute approximate surface area is 170 Å². The Morgan fingerprint density at radius 3 is 2.79 bits per heavy atom. The average molecular weight is 419 g/mol. The summed E-state index contributed by atoms with van der Waals surface area (Å²) in [4.78, 5) is 45.2. The molecule has 4 rings (SSSR count). The highest BCUT2D eigenvalue weighted by Crippen LogP contribution is 2.47. The monoisotopic (exact) mass is 418 g/mol.